The van der Waals surface area contributed by atoms with Gasteiger partial charge >= 0.3 is 0 Å². The number of rotatable bonds is 6. The number of nitriles is 1. The van der Waals surface area contributed by atoms with Crippen LogP contribution in [0.4, 0.5) is 0 Å². The number of aryl methyl sites for hydroxylation is 1. The van der Waals surface area contributed by atoms with E-state index in [0.717, 1.165) is 24.1 Å². The van der Waals surface area contributed by atoms with Crippen molar-refractivity contribution in [2.24, 2.45) is 12.8 Å². The molecule has 140 valence electrons. The van der Waals surface area contributed by atoms with E-state index < -0.39 is 0 Å². The largest absolute Gasteiger partial charge is 0.439 e. The number of carbonyl (C=O) groups is 1. The fourth-order valence-electron chi connectivity index (χ4n) is 2.98. The first-order valence-electron chi connectivity index (χ1n) is 9.04. The molecule has 2 aromatic heterocycles. The molecular formula is C21H19N5O2. The van der Waals surface area contributed by atoms with Gasteiger partial charge in [-0.3, -0.25) is 9.78 Å². The fourth-order valence-corrected chi connectivity index (χ4v) is 2.98. The Balaban J connectivity index is 1.70. The van der Waals surface area contributed by atoms with Crippen LogP contribution in [0.5, 0.6) is 11.6 Å². The summed E-state index contributed by atoms with van der Waals surface area (Å²) in [6.07, 6.45) is 3.81. The molecule has 4 rings (SSSR count). The van der Waals surface area contributed by atoms with Gasteiger partial charge in [-0.15, -0.1) is 0 Å². The molecular weight excluding hydrogens is 354 g/mol. The van der Waals surface area contributed by atoms with E-state index in [1.807, 2.05) is 13.1 Å². The monoisotopic (exact) mass is 373 g/mol. The molecule has 1 saturated carbocycles. The average Bonchev–Trinajstić information content (AvgIpc) is 3.51. The van der Waals surface area contributed by atoms with Crippen molar-refractivity contribution in [2.45, 2.75) is 18.8 Å². The summed E-state index contributed by atoms with van der Waals surface area (Å²) in [5.74, 6) is 1.46. The molecule has 3 aromatic rings. The van der Waals surface area contributed by atoms with E-state index in [0.29, 0.717) is 34.4 Å². The summed E-state index contributed by atoms with van der Waals surface area (Å²) in [4.78, 5) is 16.1. The topological polar surface area (TPSA) is 107 Å². The van der Waals surface area contributed by atoms with Crippen LogP contribution >= 0.6 is 0 Å². The van der Waals surface area contributed by atoms with Crippen LogP contribution in [0.3, 0.4) is 0 Å². The third kappa shape index (κ3) is 3.50. The second-order valence-corrected chi connectivity index (χ2v) is 6.79. The minimum absolute atomic E-state index is 0.0595. The van der Waals surface area contributed by atoms with Crippen molar-refractivity contribution in [1.82, 2.24) is 14.8 Å². The average molecular weight is 373 g/mol. The Hall–Kier alpha value is -3.50. The molecule has 2 N–H and O–H groups in total. The summed E-state index contributed by atoms with van der Waals surface area (Å²) in [7, 11) is 1.83. The zero-order valence-corrected chi connectivity index (χ0v) is 15.4. The number of Topliss-reactive ketones (excluding diaryl/α,β-unsaturated/α-hetero) is 1. The summed E-state index contributed by atoms with van der Waals surface area (Å²) < 4.78 is 7.82. The lowest BCUT2D eigenvalue weighted by Crippen LogP contribution is -2.13. The molecule has 0 unspecified atom stereocenters. The van der Waals surface area contributed by atoms with Gasteiger partial charge < -0.3 is 10.5 Å². The van der Waals surface area contributed by atoms with Crippen LogP contribution in [0.15, 0.2) is 42.6 Å². The first kappa shape index (κ1) is 17.9. The zero-order valence-electron chi connectivity index (χ0n) is 15.4. The lowest BCUT2D eigenvalue weighted by atomic mass is 10.1. The van der Waals surface area contributed by atoms with Gasteiger partial charge in [0.15, 0.2) is 5.78 Å². The highest BCUT2D eigenvalue weighted by molar-refractivity contribution is 5.97. The Bertz CT molecular complexity index is 1080. The SMILES string of the molecule is Cn1nc(C2CC2)cc1Oc1cc(C#N)ccc1-c1ccc(C(=O)CN)cn1. The Kier molecular flexibility index (Phi) is 4.63. The van der Waals surface area contributed by atoms with Crippen LogP contribution in [0, 0.1) is 11.3 Å². The van der Waals surface area contributed by atoms with Crippen LogP contribution in [0.2, 0.25) is 0 Å². The molecule has 0 amide bonds. The van der Waals surface area contributed by atoms with Gasteiger partial charge in [0.05, 0.1) is 29.6 Å². The smallest absolute Gasteiger partial charge is 0.217 e. The Labute approximate surface area is 162 Å². The molecule has 1 aliphatic carbocycles. The lowest BCUT2D eigenvalue weighted by molar-refractivity contribution is 0.100. The molecule has 0 saturated heterocycles. The second kappa shape index (κ2) is 7.25. The molecule has 0 radical (unpaired) electrons. The lowest BCUT2D eigenvalue weighted by Gasteiger charge is -2.11. The molecule has 7 heteroatoms. The van der Waals surface area contributed by atoms with Crippen molar-refractivity contribution in [1.29, 1.82) is 5.26 Å². The van der Waals surface area contributed by atoms with E-state index in [2.05, 4.69) is 16.2 Å². The Morgan fingerprint density at radius 2 is 2.14 bits per heavy atom. The molecule has 0 atom stereocenters. The van der Waals surface area contributed by atoms with Crippen LogP contribution in [-0.4, -0.2) is 27.1 Å². The summed E-state index contributed by atoms with van der Waals surface area (Å²) in [5, 5.41) is 13.8. The van der Waals surface area contributed by atoms with Gasteiger partial charge in [-0.2, -0.15) is 10.4 Å². The van der Waals surface area contributed by atoms with Gasteiger partial charge in [-0.1, -0.05) is 0 Å². The maximum Gasteiger partial charge on any atom is 0.217 e. The van der Waals surface area contributed by atoms with Crippen molar-refractivity contribution in [3.05, 3.63) is 59.4 Å². The standard InChI is InChI=1S/C21H19N5O2/c1-26-21(9-18(25-26)14-3-4-14)28-20-8-13(10-22)2-6-16(20)17-7-5-15(12-24-17)19(27)11-23/h2,5-9,12,14H,3-4,11,23H2,1H3. The molecule has 1 aliphatic rings. The minimum atomic E-state index is -0.169. The number of pyridine rings is 1. The van der Waals surface area contributed by atoms with Crippen molar-refractivity contribution in [3.63, 3.8) is 0 Å². The van der Waals surface area contributed by atoms with Crippen molar-refractivity contribution in [3.8, 4) is 29.0 Å². The third-order valence-electron chi connectivity index (χ3n) is 4.72. The number of benzene rings is 1. The zero-order chi connectivity index (χ0) is 19.7. The molecule has 7 nitrogen and oxygen atoms in total. The number of ether oxygens (including phenoxy) is 1. The fraction of sp³-hybridized carbons (Fsp3) is 0.238. The number of nitrogens with two attached hydrogens (primary N) is 1. The number of carbonyl (C=O) groups excluding carboxylic acids is 1. The van der Waals surface area contributed by atoms with E-state index in [1.165, 1.54) is 6.20 Å². The normalized spacial score (nSPS) is 13.2. The number of nitrogens with zero attached hydrogens (tertiary/aromatic N) is 4. The Morgan fingerprint density at radius 3 is 2.79 bits per heavy atom. The van der Waals surface area contributed by atoms with E-state index in [9.17, 15) is 10.1 Å². The van der Waals surface area contributed by atoms with Crippen molar-refractivity contribution in [2.75, 3.05) is 6.54 Å². The van der Waals surface area contributed by atoms with E-state index in [1.54, 1.807) is 35.0 Å². The first-order valence-corrected chi connectivity index (χ1v) is 9.04. The molecule has 1 fully saturated rings. The summed E-state index contributed by atoms with van der Waals surface area (Å²) in [5.41, 5.74) is 8.73. The van der Waals surface area contributed by atoms with Crippen LogP contribution in [-0.2, 0) is 7.05 Å². The highest BCUT2D eigenvalue weighted by atomic mass is 16.5. The highest BCUT2D eigenvalue weighted by Crippen LogP contribution is 2.41. The molecule has 2 heterocycles. The number of aromatic nitrogens is 3. The summed E-state index contributed by atoms with van der Waals surface area (Å²) >= 11 is 0. The van der Waals surface area contributed by atoms with Gasteiger partial charge in [-0.25, -0.2) is 4.68 Å². The first-order chi connectivity index (χ1) is 13.6. The van der Waals surface area contributed by atoms with Gasteiger partial charge in [0.2, 0.25) is 5.88 Å². The predicted octanol–water partition coefficient (Wildman–Crippen LogP) is 3.16. The highest BCUT2D eigenvalue weighted by Gasteiger charge is 2.27. The maximum atomic E-state index is 11.7. The molecule has 0 bridgehead atoms. The Morgan fingerprint density at radius 1 is 1.32 bits per heavy atom. The maximum absolute atomic E-state index is 11.7. The molecule has 0 spiro atoms. The van der Waals surface area contributed by atoms with Gasteiger partial charge in [0.25, 0.3) is 0 Å². The minimum Gasteiger partial charge on any atom is -0.439 e. The number of hydrogen-bond acceptors (Lipinski definition) is 6. The second-order valence-electron chi connectivity index (χ2n) is 6.79. The van der Waals surface area contributed by atoms with Gasteiger partial charge in [0.1, 0.15) is 5.75 Å². The molecule has 1 aromatic carbocycles. The summed E-state index contributed by atoms with van der Waals surface area (Å²) in [6, 6.07) is 12.7. The predicted molar refractivity (Wildman–Crippen MR) is 103 cm³/mol. The molecule has 0 aliphatic heterocycles. The van der Waals surface area contributed by atoms with Gasteiger partial charge in [-0.05, 0) is 43.2 Å². The van der Waals surface area contributed by atoms with Crippen LogP contribution in [0.25, 0.3) is 11.3 Å². The molecule has 28 heavy (non-hydrogen) atoms. The van der Waals surface area contributed by atoms with Crippen molar-refractivity contribution >= 4 is 5.78 Å². The number of hydrogen-bond donors (Lipinski definition) is 1. The van der Waals surface area contributed by atoms with E-state index >= 15 is 0 Å². The summed E-state index contributed by atoms with van der Waals surface area (Å²) in [6.45, 7) is -0.0595. The van der Waals surface area contributed by atoms with Crippen molar-refractivity contribution < 1.29 is 9.53 Å². The third-order valence-corrected chi connectivity index (χ3v) is 4.72. The number of ketones is 1. The van der Waals surface area contributed by atoms with Crippen LogP contribution in [0.1, 0.15) is 40.4 Å². The van der Waals surface area contributed by atoms with Gasteiger partial charge in [0, 0.05) is 36.4 Å². The quantitative estimate of drug-likeness (QED) is 0.665. The van der Waals surface area contributed by atoms with E-state index in [4.69, 9.17) is 10.5 Å². The van der Waals surface area contributed by atoms with Crippen LogP contribution < -0.4 is 10.5 Å². The van der Waals surface area contributed by atoms with E-state index in [-0.39, 0.29) is 12.3 Å².